The quantitative estimate of drug-likeness (QED) is 0.712. The van der Waals surface area contributed by atoms with Crippen LogP contribution >= 0.6 is 0 Å². The third kappa shape index (κ3) is 2.71. The lowest BCUT2D eigenvalue weighted by molar-refractivity contribution is -0.138. The zero-order chi connectivity index (χ0) is 11.5. The summed E-state index contributed by atoms with van der Waals surface area (Å²) in [6.07, 6.45) is -4.54. The van der Waals surface area contributed by atoms with Gasteiger partial charge in [-0.15, -0.1) is 0 Å². The Labute approximate surface area is 84.7 Å². The molecule has 0 bridgehead atoms. The van der Waals surface area contributed by atoms with E-state index in [0.29, 0.717) is 0 Å². The van der Waals surface area contributed by atoms with Crippen molar-refractivity contribution < 1.29 is 22.7 Å². The molecule has 0 fully saturated rings. The number of carbonyl (C=O) groups excluding carboxylic acids is 1. The molecule has 1 aromatic rings. The fourth-order valence-electron chi connectivity index (χ4n) is 1.12. The van der Waals surface area contributed by atoms with Crippen LogP contribution in [0.3, 0.4) is 0 Å². The Morgan fingerprint density at radius 1 is 1.33 bits per heavy atom. The molecule has 0 amide bonds. The van der Waals surface area contributed by atoms with Crippen LogP contribution in [-0.4, -0.2) is 12.6 Å². The minimum atomic E-state index is -4.54. The van der Waals surface area contributed by atoms with Crippen molar-refractivity contribution in [3.05, 3.63) is 35.4 Å². The van der Waals surface area contributed by atoms with E-state index in [1.54, 1.807) is 0 Å². The van der Waals surface area contributed by atoms with Crippen molar-refractivity contribution in [3.63, 3.8) is 0 Å². The van der Waals surface area contributed by atoms with Crippen LogP contribution in [0.5, 0.6) is 0 Å². The minimum Gasteiger partial charge on any atom is -0.462 e. The predicted molar refractivity (Wildman–Crippen MR) is 47.4 cm³/mol. The van der Waals surface area contributed by atoms with E-state index < -0.39 is 23.3 Å². The van der Waals surface area contributed by atoms with Gasteiger partial charge in [-0.2, -0.15) is 13.2 Å². The smallest absolute Gasteiger partial charge is 0.417 e. The Hall–Kier alpha value is -1.52. The zero-order valence-electron chi connectivity index (χ0n) is 7.97. The third-order valence-electron chi connectivity index (χ3n) is 1.73. The van der Waals surface area contributed by atoms with Gasteiger partial charge >= 0.3 is 12.1 Å². The molecule has 0 spiro atoms. The second kappa shape index (κ2) is 4.33. The molecule has 0 radical (unpaired) electrons. The molecule has 2 nitrogen and oxygen atoms in total. The SMILES string of the molecule is CCOC(=O)c1ccccc1C(F)(F)[18F]. The van der Waals surface area contributed by atoms with E-state index in [4.69, 9.17) is 0 Å². The molecule has 0 unspecified atom stereocenters. The summed E-state index contributed by atoms with van der Waals surface area (Å²) in [6, 6.07) is 4.54. The van der Waals surface area contributed by atoms with Gasteiger partial charge in [-0.3, -0.25) is 0 Å². The third-order valence-corrected chi connectivity index (χ3v) is 1.73. The van der Waals surface area contributed by atoms with Crippen molar-refractivity contribution >= 4 is 5.97 Å². The largest absolute Gasteiger partial charge is 0.462 e. The molecule has 0 N–H and O–H groups in total. The van der Waals surface area contributed by atoms with Gasteiger partial charge in [0, 0.05) is 0 Å². The van der Waals surface area contributed by atoms with Gasteiger partial charge in [-0.1, -0.05) is 12.1 Å². The van der Waals surface area contributed by atoms with Gasteiger partial charge < -0.3 is 4.74 Å². The van der Waals surface area contributed by atoms with E-state index in [9.17, 15) is 18.0 Å². The molecular formula is C10H9F3O2. The van der Waals surface area contributed by atoms with Gasteiger partial charge in [0.25, 0.3) is 0 Å². The van der Waals surface area contributed by atoms with Crippen LogP contribution in [0.15, 0.2) is 24.3 Å². The van der Waals surface area contributed by atoms with Crippen molar-refractivity contribution in [3.8, 4) is 0 Å². The van der Waals surface area contributed by atoms with E-state index >= 15 is 0 Å². The van der Waals surface area contributed by atoms with Crippen LogP contribution in [0, 0.1) is 0 Å². The highest BCUT2D eigenvalue weighted by Gasteiger charge is 2.35. The first-order valence-corrected chi connectivity index (χ1v) is 4.30. The van der Waals surface area contributed by atoms with Crippen molar-refractivity contribution in [2.45, 2.75) is 13.1 Å². The van der Waals surface area contributed by atoms with Crippen molar-refractivity contribution in [1.82, 2.24) is 0 Å². The highest BCUT2D eigenvalue weighted by atomic mass is 19.3. The van der Waals surface area contributed by atoms with Crippen molar-refractivity contribution in [2.75, 3.05) is 6.61 Å². The van der Waals surface area contributed by atoms with E-state index in [1.165, 1.54) is 19.1 Å². The molecule has 0 saturated carbocycles. The maximum Gasteiger partial charge on any atom is 0.417 e. The predicted octanol–water partition coefficient (Wildman–Crippen LogP) is 2.88. The summed E-state index contributed by atoms with van der Waals surface area (Å²) in [6.45, 7) is 1.58. The second-order valence-electron chi connectivity index (χ2n) is 2.76. The Morgan fingerprint density at radius 3 is 2.47 bits per heavy atom. The van der Waals surface area contributed by atoms with Gasteiger partial charge in [0.05, 0.1) is 17.7 Å². The Kier molecular flexibility index (Phi) is 3.34. The molecule has 0 saturated heterocycles. The lowest BCUT2D eigenvalue weighted by Crippen LogP contribution is -2.14. The molecule has 0 aliphatic heterocycles. The number of benzene rings is 1. The van der Waals surface area contributed by atoms with Gasteiger partial charge in [-0.05, 0) is 19.1 Å². The van der Waals surface area contributed by atoms with Crippen LogP contribution in [0.4, 0.5) is 13.2 Å². The number of rotatable bonds is 2. The summed E-state index contributed by atoms with van der Waals surface area (Å²) in [4.78, 5) is 11.2. The molecule has 0 aliphatic rings. The normalized spacial score (nSPS) is 11.2. The Balaban J connectivity index is 3.12. The van der Waals surface area contributed by atoms with Gasteiger partial charge in [0.15, 0.2) is 0 Å². The zero-order valence-corrected chi connectivity index (χ0v) is 7.97. The molecule has 82 valence electrons. The number of carbonyl (C=O) groups is 1. The topological polar surface area (TPSA) is 26.3 Å². The average molecular weight is 217 g/mol. The number of hydrogen-bond acceptors (Lipinski definition) is 2. The molecule has 0 aromatic heterocycles. The fraction of sp³-hybridized carbons (Fsp3) is 0.300. The number of alkyl halides is 3. The van der Waals surface area contributed by atoms with Gasteiger partial charge in [-0.25, -0.2) is 4.79 Å². The maximum atomic E-state index is 12.4. The Bertz CT molecular complexity index is 358. The number of halogens is 3. The maximum absolute atomic E-state index is 12.4. The summed E-state index contributed by atoms with van der Waals surface area (Å²) in [7, 11) is 0. The van der Waals surface area contributed by atoms with Gasteiger partial charge in [0.2, 0.25) is 0 Å². The van der Waals surface area contributed by atoms with E-state index in [-0.39, 0.29) is 6.61 Å². The van der Waals surface area contributed by atoms with Crippen LogP contribution in [0.1, 0.15) is 22.8 Å². The summed E-state index contributed by atoms with van der Waals surface area (Å²) in [5.74, 6) is -0.953. The number of hydrogen-bond donors (Lipinski definition) is 0. The summed E-state index contributed by atoms with van der Waals surface area (Å²) in [5, 5.41) is 0. The van der Waals surface area contributed by atoms with Gasteiger partial charge in [0.1, 0.15) is 0 Å². The standard InChI is InChI=1S/C10H9F3O2/c1-2-15-9(14)7-5-3-4-6-8(7)10(11,12)13/h3-6H,2H2,1H3/i11-1. The number of esters is 1. The lowest BCUT2D eigenvalue weighted by atomic mass is 10.1. The molecule has 1 aromatic carbocycles. The van der Waals surface area contributed by atoms with E-state index in [0.717, 1.165) is 12.1 Å². The molecule has 15 heavy (non-hydrogen) atoms. The van der Waals surface area contributed by atoms with E-state index in [1.807, 2.05) is 0 Å². The second-order valence-corrected chi connectivity index (χ2v) is 2.76. The summed E-state index contributed by atoms with van der Waals surface area (Å²) < 4.78 is 41.8. The monoisotopic (exact) mass is 217 g/mol. The van der Waals surface area contributed by atoms with Crippen LogP contribution < -0.4 is 0 Å². The van der Waals surface area contributed by atoms with Crippen LogP contribution in [-0.2, 0) is 10.9 Å². The highest BCUT2D eigenvalue weighted by Crippen LogP contribution is 2.31. The highest BCUT2D eigenvalue weighted by molar-refractivity contribution is 5.91. The van der Waals surface area contributed by atoms with Crippen LogP contribution in [0.2, 0.25) is 0 Å². The minimum absolute atomic E-state index is 0.0467. The summed E-state index contributed by atoms with van der Waals surface area (Å²) in [5.41, 5.74) is -1.42. The fourth-order valence-corrected chi connectivity index (χ4v) is 1.12. The lowest BCUT2D eigenvalue weighted by Gasteiger charge is -2.11. The van der Waals surface area contributed by atoms with Crippen molar-refractivity contribution in [2.24, 2.45) is 0 Å². The molecule has 0 aliphatic carbocycles. The molecule has 0 atom stereocenters. The van der Waals surface area contributed by atoms with E-state index in [2.05, 4.69) is 4.74 Å². The first-order chi connectivity index (χ1) is 6.96. The first kappa shape index (κ1) is 11.6. The first-order valence-electron chi connectivity index (χ1n) is 4.30. The molecule has 5 heteroatoms. The Morgan fingerprint density at radius 2 is 1.93 bits per heavy atom. The average Bonchev–Trinajstić information content (AvgIpc) is 2.17. The number of ether oxygens (including phenoxy) is 1. The van der Waals surface area contributed by atoms with Crippen LogP contribution in [0.25, 0.3) is 0 Å². The van der Waals surface area contributed by atoms with Crippen molar-refractivity contribution in [1.29, 1.82) is 0 Å². The molecule has 1 rings (SSSR count). The molecule has 0 heterocycles. The summed E-state index contributed by atoms with van der Waals surface area (Å²) >= 11 is 0. The molecular weight excluding hydrogens is 208 g/mol.